The molecule has 0 saturated heterocycles. The number of nitrogens with two attached hydrogens (primary N) is 2. The van der Waals surface area contributed by atoms with Gasteiger partial charge >= 0.3 is 0 Å². The fourth-order valence-corrected chi connectivity index (χ4v) is 6.04. The van der Waals surface area contributed by atoms with Crippen LogP contribution in [0.5, 0.6) is 0 Å². The monoisotopic (exact) mass is 836 g/mol. The maximum atomic E-state index is 12.4. The predicted octanol–water partition coefficient (Wildman–Crippen LogP) is 4.08. The summed E-state index contributed by atoms with van der Waals surface area (Å²) in [6.45, 7) is 5.83. The van der Waals surface area contributed by atoms with Gasteiger partial charge in [0.1, 0.15) is 34.9 Å². The number of ketones is 2. The molecule has 3 heterocycles. The van der Waals surface area contributed by atoms with Crippen LogP contribution in [0.2, 0.25) is 0 Å². The highest BCUT2D eigenvalue weighted by molar-refractivity contribution is 5.99. The molecule has 0 atom stereocenters. The summed E-state index contributed by atoms with van der Waals surface area (Å²) >= 11 is 0. The van der Waals surface area contributed by atoms with Crippen LogP contribution in [0, 0.1) is 12.3 Å². The quantitative estimate of drug-likeness (QED) is 0.0437. The highest BCUT2D eigenvalue weighted by Crippen LogP contribution is 2.32. The van der Waals surface area contributed by atoms with Crippen molar-refractivity contribution >= 4 is 51.4 Å². The van der Waals surface area contributed by atoms with Crippen molar-refractivity contribution < 1.29 is 47.2 Å². The van der Waals surface area contributed by atoms with E-state index in [1.54, 1.807) is 6.07 Å². The number of aryl methyl sites for hydroxylation is 1. The van der Waals surface area contributed by atoms with Gasteiger partial charge in [-0.25, -0.2) is 14.6 Å². The summed E-state index contributed by atoms with van der Waals surface area (Å²) in [6.07, 6.45) is 13.3. The molecule has 0 fully saturated rings. The number of rotatable bonds is 35. The van der Waals surface area contributed by atoms with Crippen molar-refractivity contribution in [2.45, 2.75) is 77.2 Å². The van der Waals surface area contributed by atoms with Crippen molar-refractivity contribution in [1.82, 2.24) is 30.0 Å². The summed E-state index contributed by atoms with van der Waals surface area (Å²) in [6, 6.07) is 5.61. The first kappa shape index (κ1) is 47.6. The predicted molar refractivity (Wildman–Crippen MR) is 225 cm³/mol. The number of terminal acetylenes is 1. The second kappa shape index (κ2) is 28.4. The SMILES string of the molecule is C#CCCCC(=O)CCCOCCOCCOCCC(=O)NCCOCCOCCOCCC(=O)CCCCCn1nc(-c2ccc3oc(N)nc3c2)c2c(N)ncnc21. The minimum Gasteiger partial charge on any atom is -0.424 e. The average Bonchev–Trinajstić information content (AvgIpc) is 3.81. The van der Waals surface area contributed by atoms with E-state index in [0.29, 0.717) is 165 Å². The van der Waals surface area contributed by atoms with Gasteiger partial charge in [0.2, 0.25) is 5.91 Å². The van der Waals surface area contributed by atoms with Crippen molar-refractivity contribution in [1.29, 1.82) is 0 Å². The summed E-state index contributed by atoms with van der Waals surface area (Å²) in [7, 11) is 0. The average molecular weight is 837 g/mol. The van der Waals surface area contributed by atoms with Gasteiger partial charge in [0.05, 0.1) is 78.1 Å². The number of nitrogens with zero attached hydrogens (tertiary/aromatic N) is 5. The molecule has 0 saturated carbocycles. The summed E-state index contributed by atoms with van der Waals surface area (Å²) in [5, 5.41) is 8.27. The number of fused-ring (bicyclic) bond motifs is 2. The molecule has 3 aromatic heterocycles. The minimum atomic E-state index is -0.114. The Balaban J connectivity index is 0.893. The molecule has 60 heavy (non-hydrogen) atoms. The Kier molecular flexibility index (Phi) is 22.6. The molecule has 0 spiro atoms. The van der Waals surface area contributed by atoms with Gasteiger partial charge in [-0.15, -0.1) is 12.3 Å². The molecule has 328 valence electrons. The van der Waals surface area contributed by atoms with Crippen molar-refractivity contribution in [3.05, 3.63) is 24.5 Å². The van der Waals surface area contributed by atoms with Crippen LogP contribution in [0.3, 0.4) is 0 Å². The molecule has 4 rings (SSSR count). The van der Waals surface area contributed by atoms with E-state index in [4.69, 9.17) is 55.8 Å². The molecule has 0 aliphatic heterocycles. The summed E-state index contributed by atoms with van der Waals surface area (Å²) in [5.74, 6) is 3.15. The lowest BCUT2D eigenvalue weighted by Crippen LogP contribution is -2.28. The molecule has 0 unspecified atom stereocenters. The number of carbonyl (C=O) groups excluding carboxylic acids is 3. The number of aromatic nitrogens is 5. The van der Waals surface area contributed by atoms with Crippen molar-refractivity contribution in [2.24, 2.45) is 0 Å². The van der Waals surface area contributed by atoms with E-state index in [2.05, 4.69) is 26.2 Å². The largest absolute Gasteiger partial charge is 0.424 e. The summed E-state index contributed by atoms with van der Waals surface area (Å²) in [4.78, 5) is 48.8. The van der Waals surface area contributed by atoms with E-state index >= 15 is 0 Å². The molecule has 1 amide bonds. The smallest absolute Gasteiger partial charge is 0.292 e. The Bertz CT molecular complexity index is 1930. The molecule has 1 aromatic carbocycles. The zero-order valence-electron chi connectivity index (χ0n) is 34.5. The van der Waals surface area contributed by atoms with Crippen LogP contribution in [0.1, 0.15) is 70.6 Å². The van der Waals surface area contributed by atoms with Gasteiger partial charge in [0.25, 0.3) is 6.01 Å². The fourth-order valence-electron chi connectivity index (χ4n) is 6.04. The molecule has 0 bridgehead atoms. The topological polar surface area (TPSA) is 240 Å². The van der Waals surface area contributed by atoms with Crippen LogP contribution in [0.4, 0.5) is 11.8 Å². The van der Waals surface area contributed by atoms with Gasteiger partial charge in [-0.2, -0.15) is 10.1 Å². The number of nitrogen functional groups attached to an aromatic ring is 2. The lowest BCUT2D eigenvalue weighted by Gasteiger charge is -2.09. The molecule has 4 aromatic rings. The second-order valence-corrected chi connectivity index (χ2v) is 13.8. The zero-order chi connectivity index (χ0) is 42.6. The molecule has 0 aliphatic rings. The lowest BCUT2D eigenvalue weighted by atomic mass is 10.1. The van der Waals surface area contributed by atoms with Gasteiger partial charge in [-0.1, -0.05) is 6.42 Å². The maximum absolute atomic E-state index is 12.4. The van der Waals surface area contributed by atoms with Gasteiger partial charge in [-0.05, 0) is 43.9 Å². The van der Waals surface area contributed by atoms with Crippen LogP contribution in [0.25, 0.3) is 33.4 Å². The molecule has 0 radical (unpaired) electrons. The third kappa shape index (κ3) is 18.1. The van der Waals surface area contributed by atoms with Crippen LogP contribution in [-0.4, -0.2) is 128 Å². The molecule has 18 heteroatoms. The number of Topliss-reactive ketones (excluding diaryl/α,β-unsaturated/α-hetero) is 2. The van der Waals surface area contributed by atoms with Gasteiger partial charge in [0, 0.05) is 63.8 Å². The second-order valence-electron chi connectivity index (χ2n) is 13.8. The summed E-state index contributed by atoms with van der Waals surface area (Å²) < 4.78 is 40.1. The number of benzene rings is 1. The van der Waals surface area contributed by atoms with Crippen molar-refractivity contribution in [3.8, 4) is 23.6 Å². The van der Waals surface area contributed by atoms with E-state index in [1.165, 1.54) is 6.33 Å². The first-order chi connectivity index (χ1) is 29.4. The Morgan fingerprint density at radius 1 is 0.717 bits per heavy atom. The fraction of sp³-hybridized carbons (Fsp3) is 0.595. The van der Waals surface area contributed by atoms with E-state index in [9.17, 15) is 14.4 Å². The number of carbonyl (C=O) groups is 3. The number of hydrogen-bond acceptors (Lipinski definition) is 16. The molecule has 5 N–H and O–H groups in total. The number of anilines is 2. The molecular formula is C42H60N8O10. The number of unbranched alkanes of at least 4 members (excludes halogenated alkanes) is 3. The van der Waals surface area contributed by atoms with Gasteiger partial charge in [-0.3, -0.25) is 14.4 Å². The van der Waals surface area contributed by atoms with Crippen molar-refractivity contribution in [3.63, 3.8) is 0 Å². The number of amides is 1. The first-order valence-electron chi connectivity index (χ1n) is 20.7. The third-order valence-corrected chi connectivity index (χ3v) is 9.14. The summed E-state index contributed by atoms with van der Waals surface area (Å²) in [5.41, 5.74) is 15.3. The van der Waals surface area contributed by atoms with E-state index in [0.717, 1.165) is 31.2 Å². The Morgan fingerprint density at radius 3 is 2.08 bits per heavy atom. The Hall–Kier alpha value is -5.03. The Morgan fingerprint density at radius 2 is 1.35 bits per heavy atom. The van der Waals surface area contributed by atoms with E-state index in [1.807, 2.05) is 16.8 Å². The van der Waals surface area contributed by atoms with E-state index < -0.39 is 0 Å². The zero-order valence-corrected chi connectivity index (χ0v) is 34.5. The normalized spacial score (nSPS) is 11.4. The van der Waals surface area contributed by atoms with Crippen LogP contribution in [-0.2, 0) is 49.3 Å². The molecule has 0 aliphatic carbocycles. The van der Waals surface area contributed by atoms with Gasteiger partial charge in [0.15, 0.2) is 11.2 Å². The number of hydrogen-bond donors (Lipinski definition) is 3. The van der Waals surface area contributed by atoms with Gasteiger partial charge < -0.3 is 49.6 Å². The third-order valence-electron chi connectivity index (χ3n) is 9.14. The molecule has 18 nitrogen and oxygen atoms in total. The standard InChI is InChI=1S/C42H60N8O10/c1-2-3-5-9-33(51)11-8-18-54-22-26-58-28-24-56-20-15-37(53)45-16-21-57-25-29-59-27-23-55-19-14-34(52)10-6-4-7-17-50-41-38(40(43)46-31-47-41)39(49-50)32-12-13-36-35(30-32)48-42(44)60-36/h1,12-13,30-31H,3-11,14-29H2,(H2,44,48)(H,45,53)(H2,43,46,47). The minimum absolute atomic E-state index is 0.0957. The highest BCUT2D eigenvalue weighted by atomic mass is 16.5. The lowest BCUT2D eigenvalue weighted by molar-refractivity contribution is -0.123. The van der Waals surface area contributed by atoms with E-state index in [-0.39, 0.29) is 29.9 Å². The van der Waals surface area contributed by atoms with Crippen LogP contribution in [0.15, 0.2) is 28.9 Å². The van der Waals surface area contributed by atoms with Crippen LogP contribution < -0.4 is 16.8 Å². The first-order valence-corrected chi connectivity index (χ1v) is 20.7. The maximum Gasteiger partial charge on any atom is 0.292 e. The Labute approximate surface area is 350 Å². The van der Waals surface area contributed by atoms with Crippen LogP contribution >= 0.6 is 0 Å². The molecular weight excluding hydrogens is 777 g/mol. The van der Waals surface area contributed by atoms with Crippen molar-refractivity contribution in [2.75, 3.05) is 97.3 Å². The number of oxazole rings is 1. The number of ether oxygens (including phenoxy) is 6. The number of nitrogens with one attached hydrogen (secondary N) is 1. The highest BCUT2D eigenvalue weighted by Gasteiger charge is 2.18.